The summed E-state index contributed by atoms with van der Waals surface area (Å²) in [5.41, 5.74) is 4.03. The molecule has 1 aromatic carbocycles. The zero-order chi connectivity index (χ0) is 18.1. The first kappa shape index (κ1) is 17.8. The van der Waals surface area contributed by atoms with Crippen LogP contribution in [0.4, 0.5) is 5.69 Å². The molecule has 0 atom stereocenters. The molecule has 0 amide bonds. The number of nitrogens with two attached hydrogens (primary N) is 1. The maximum atomic E-state index is 12.9. The predicted molar refractivity (Wildman–Crippen MR) is 86.3 cm³/mol. The van der Waals surface area contributed by atoms with E-state index >= 15 is 0 Å². The van der Waals surface area contributed by atoms with Crippen molar-refractivity contribution in [1.82, 2.24) is 4.98 Å². The molecule has 4 N–H and O–H groups in total. The quantitative estimate of drug-likeness (QED) is 0.713. The van der Waals surface area contributed by atoms with Gasteiger partial charge in [-0.3, -0.25) is 9.59 Å². The maximum absolute atomic E-state index is 12.9. The molecule has 0 spiro atoms. The Morgan fingerprint density at radius 2 is 2.04 bits per heavy atom. The second-order valence-corrected chi connectivity index (χ2v) is 7.07. The number of aliphatic carboxylic acids is 1. The average Bonchev–Trinajstić information content (AvgIpc) is 2.51. The van der Waals surface area contributed by atoms with Crippen molar-refractivity contribution in [2.24, 2.45) is 0 Å². The number of nitrogens with one attached hydrogen (secondary N) is 1. The van der Waals surface area contributed by atoms with Gasteiger partial charge in [0.05, 0.1) is 18.4 Å². The summed E-state index contributed by atoms with van der Waals surface area (Å²) in [4.78, 5) is 24.1. The Kier molecular flexibility index (Phi) is 4.86. The van der Waals surface area contributed by atoms with E-state index in [9.17, 15) is 18.0 Å². The summed E-state index contributed by atoms with van der Waals surface area (Å²) in [5.74, 6) is -1.31. The minimum Gasteiger partial charge on any atom is -0.495 e. The second kappa shape index (κ2) is 6.54. The van der Waals surface area contributed by atoms with Crippen molar-refractivity contribution in [3.63, 3.8) is 0 Å². The summed E-state index contributed by atoms with van der Waals surface area (Å²) in [6.07, 6.45) is 0.180. The number of benzene rings is 1. The molecule has 0 fully saturated rings. The third-order valence-corrected chi connectivity index (χ3v) is 5.31. The third-order valence-electron chi connectivity index (χ3n) is 3.23. The first-order valence-corrected chi connectivity index (χ1v) is 8.35. The number of nitrogen functional groups attached to an aromatic ring is 1. The van der Waals surface area contributed by atoms with Gasteiger partial charge in [0, 0.05) is 16.8 Å². The molecule has 0 unspecified atom stereocenters. The Labute approximate surface area is 141 Å². The molecule has 0 radical (unpaired) electrons. The lowest BCUT2D eigenvalue weighted by molar-refractivity contribution is -0.136. The summed E-state index contributed by atoms with van der Waals surface area (Å²) in [6.45, 7) is 0. The highest BCUT2D eigenvalue weighted by molar-refractivity contribution is 7.91. The fraction of sp³-hybridized carbons (Fsp3) is 0.143. The molecule has 0 bridgehead atoms. The van der Waals surface area contributed by atoms with Crippen LogP contribution in [0.1, 0.15) is 5.56 Å². The van der Waals surface area contributed by atoms with Crippen molar-refractivity contribution in [2.75, 3.05) is 12.8 Å². The van der Waals surface area contributed by atoms with Gasteiger partial charge in [-0.2, -0.15) is 0 Å². The number of halogens is 1. The summed E-state index contributed by atoms with van der Waals surface area (Å²) >= 11 is 5.85. The molecule has 24 heavy (non-hydrogen) atoms. The van der Waals surface area contributed by atoms with Gasteiger partial charge >= 0.3 is 5.97 Å². The van der Waals surface area contributed by atoms with Crippen LogP contribution in [0.3, 0.4) is 0 Å². The zero-order valence-corrected chi connectivity index (χ0v) is 13.9. The van der Waals surface area contributed by atoms with Crippen molar-refractivity contribution in [3.8, 4) is 5.75 Å². The fourth-order valence-electron chi connectivity index (χ4n) is 2.12. The van der Waals surface area contributed by atoms with E-state index in [2.05, 4.69) is 4.98 Å². The van der Waals surface area contributed by atoms with Crippen molar-refractivity contribution < 1.29 is 23.1 Å². The minimum atomic E-state index is -4.24. The highest BCUT2D eigenvalue weighted by Crippen LogP contribution is 2.33. The number of ether oxygens (including phenoxy) is 1. The van der Waals surface area contributed by atoms with E-state index in [0.29, 0.717) is 0 Å². The third kappa shape index (κ3) is 3.22. The second-order valence-electron chi connectivity index (χ2n) is 4.74. The van der Waals surface area contributed by atoms with Gasteiger partial charge in [-0.1, -0.05) is 11.6 Å². The van der Waals surface area contributed by atoms with Crippen molar-refractivity contribution in [1.29, 1.82) is 0 Å². The molecule has 10 heteroatoms. The van der Waals surface area contributed by atoms with Crippen LogP contribution >= 0.6 is 11.6 Å². The SMILES string of the molecule is COc1ccc(Cl)cc1S(=O)(=O)c1c[nH]c(=O)c(N)c1CC(=O)O. The normalized spacial score (nSPS) is 11.2. The monoisotopic (exact) mass is 372 g/mol. The molecule has 8 nitrogen and oxygen atoms in total. The largest absolute Gasteiger partial charge is 0.495 e. The van der Waals surface area contributed by atoms with E-state index in [0.717, 1.165) is 6.20 Å². The number of aromatic nitrogens is 1. The van der Waals surface area contributed by atoms with E-state index in [1.807, 2.05) is 0 Å². The highest BCUT2D eigenvalue weighted by atomic mass is 35.5. The number of anilines is 1. The van der Waals surface area contributed by atoms with E-state index in [1.165, 1.54) is 25.3 Å². The van der Waals surface area contributed by atoms with Crippen molar-refractivity contribution >= 4 is 33.1 Å². The van der Waals surface area contributed by atoms with Crippen LogP contribution < -0.4 is 16.0 Å². The number of hydrogen-bond donors (Lipinski definition) is 3. The number of aromatic amines is 1. The number of hydrogen-bond acceptors (Lipinski definition) is 6. The lowest BCUT2D eigenvalue weighted by Gasteiger charge is -2.13. The molecule has 0 aliphatic rings. The Morgan fingerprint density at radius 1 is 1.38 bits per heavy atom. The van der Waals surface area contributed by atoms with Crippen LogP contribution in [0, 0.1) is 0 Å². The molecule has 1 heterocycles. The number of carbonyl (C=O) groups is 1. The van der Waals surface area contributed by atoms with Gasteiger partial charge in [0.15, 0.2) is 0 Å². The zero-order valence-electron chi connectivity index (χ0n) is 12.4. The number of H-pyrrole nitrogens is 1. The summed E-state index contributed by atoms with van der Waals surface area (Å²) in [5, 5.41) is 9.12. The van der Waals surface area contributed by atoms with Crippen molar-refractivity contribution in [2.45, 2.75) is 16.2 Å². The number of sulfone groups is 1. The van der Waals surface area contributed by atoms with E-state index in [1.54, 1.807) is 0 Å². The van der Waals surface area contributed by atoms with Gasteiger partial charge < -0.3 is 20.6 Å². The van der Waals surface area contributed by atoms with Crippen LogP contribution in [0.15, 0.2) is 39.0 Å². The lowest BCUT2D eigenvalue weighted by Crippen LogP contribution is -2.20. The molecule has 0 aliphatic carbocycles. The smallest absolute Gasteiger partial charge is 0.307 e. The van der Waals surface area contributed by atoms with Crippen LogP contribution in [0.2, 0.25) is 5.02 Å². The Balaban J connectivity index is 2.80. The first-order chi connectivity index (χ1) is 11.2. The molecule has 0 saturated heterocycles. The highest BCUT2D eigenvalue weighted by Gasteiger charge is 2.28. The van der Waals surface area contributed by atoms with Crippen molar-refractivity contribution in [3.05, 3.63) is 45.3 Å². The summed E-state index contributed by atoms with van der Waals surface area (Å²) in [7, 11) is -2.96. The summed E-state index contributed by atoms with van der Waals surface area (Å²) in [6, 6.07) is 3.97. The summed E-state index contributed by atoms with van der Waals surface area (Å²) < 4.78 is 30.9. The standard InChI is InChI=1S/C14H13ClN2O6S/c1-23-9-3-2-7(15)4-10(9)24(21,22)11-6-17-14(20)13(16)8(11)5-12(18)19/h2-4,6H,5,16H2,1H3,(H,17,20)(H,18,19). The fourth-order valence-corrected chi connectivity index (χ4v) is 4.01. The minimum absolute atomic E-state index is 0.0189. The molecule has 2 rings (SSSR count). The number of pyridine rings is 1. The molecular formula is C14H13ClN2O6S. The van der Waals surface area contributed by atoms with Gasteiger partial charge in [-0.25, -0.2) is 8.42 Å². The Hall–Kier alpha value is -2.52. The predicted octanol–water partition coefficient (Wildman–Crippen LogP) is 1.08. The molecular weight excluding hydrogens is 360 g/mol. The van der Waals surface area contributed by atoms with Crippen LogP contribution in [0.25, 0.3) is 0 Å². The van der Waals surface area contributed by atoms with Gasteiger partial charge in [-0.05, 0) is 18.2 Å². The van der Waals surface area contributed by atoms with E-state index in [4.69, 9.17) is 27.2 Å². The average molecular weight is 373 g/mol. The number of rotatable bonds is 5. The lowest BCUT2D eigenvalue weighted by atomic mass is 10.1. The number of methoxy groups -OCH3 is 1. The first-order valence-electron chi connectivity index (χ1n) is 6.49. The molecule has 1 aromatic heterocycles. The molecule has 2 aromatic rings. The van der Waals surface area contributed by atoms with Gasteiger partial charge in [0.1, 0.15) is 16.3 Å². The van der Waals surface area contributed by atoms with Crippen LogP contribution in [-0.4, -0.2) is 31.6 Å². The van der Waals surface area contributed by atoms with Crippen LogP contribution in [-0.2, 0) is 21.1 Å². The van der Waals surface area contributed by atoms with E-state index < -0.39 is 38.4 Å². The van der Waals surface area contributed by atoms with E-state index in [-0.39, 0.29) is 21.2 Å². The van der Waals surface area contributed by atoms with Gasteiger partial charge in [0.25, 0.3) is 5.56 Å². The van der Waals surface area contributed by atoms with Gasteiger partial charge in [0.2, 0.25) is 9.84 Å². The Bertz CT molecular complexity index is 968. The number of carboxylic acid groups (broad SMARTS) is 1. The maximum Gasteiger partial charge on any atom is 0.307 e. The molecule has 0 saturated carbocycles. The number of carboxylic acids is 1. The Morgan fingerprint density at radius 3 is 2.62 bits per heavy atom. The topological polar surface area (TPSA) is 140 Å². The molecule has 128 valence electrons. The molecule has 0 aliphatic heterocycles. The van der Waals surface area contributed by atoms with Gasteiger partial charge in [-0.15, -0.1) is 0 Å². The van der Waals surface area contributed by atoms with Crippen LogP contribution in [0.5, 0.6) is 5.75 Å².